The van der Waals surface area contributed by atoms with Crippen LogP contribution in [0.25, 0.3) is 0 Å². The summed E-state index contributed by atoms with van der Waals surface area (Å²) in [5.41, 5.74) is 0. The highest BCUT2D eigenvalue weighted by Gasteiger charge is 2.14. The number of nitrogens with one attached hydrogen (secondary N) is 2. The van der Waals surface area contributed by atoms with Crippen LogP contribution in [0.4, 0.5) is 0 Å². The van der Waals surface area contributed by atoms with Gasteiger partial charge in [-0.05, 0) is 37.9 Å². The third-order valence-electron chi connectivity index (χ3n) is 3.38. The third kappa shape index (κ3) is 4.64. The van der Waals surface area contributed by atoms with Crippen molar-refractivity contribution < 1.29 is 0 Å². The Balaban J connectivity index is 1.48. The summed E-state index contributed by atoms with van der Waals surface area (Å²) in [7, 11) is 0. The molecule has 2 N–H and O–H groups in total. The summed E-state index contributed by atoms with van der Waals surface area (Å²) in [4.78, 5) is 4.02. The number of aromatic nitrogens is 2. The van der Waals surface area contributed by atoms with Gasteiger partial charge in [0.1, 0.15) is 0 Å². The summed E-state index contributed by atoms with van der Waals surface area (Å²) in [6.45, 7) is 1.98. The van der Waals surface area contributed by atoms with Crippen LogP contribution in [0.1, 0.15) is 38.5 Å². The lowest BCUT2D eigenvalue weighted by Crippen LogP contribution is -2.41. The molecule has 0 spiro atoms. The number of imidazole rings is 1. The van der Waals surface area contributed by atoms with Crippen molar-refractivity contribution in [1.29, 1.82) is 0 Å². The largest absolute Gasteiger partial charge is 0.363 e. The standard InChI is InChI=1S/C13H22N4S/c18-13(16-12-5-1-2-6-12)15-7-3-4-9-17-10-8-14-11-17/h8,10-12H,1-7,9H2,(H2,15,16,18). The molecular formula is C13H22N4S. The Morgan fingerprint density at radius 3 is 2.89 bits per heavy atom. The molecule has 1 aliphatic carbocycles. The van der Waals surface area contributed by atoms with E-state index >= 15 is 0 Å². The molecule has 0 atom stereocenters. The minimum absolute atomic E-state index is 0.607. The topological polar surface area (TPSA) is 41.9 Å². The van der Waals surface area contributed by atoms with Gasteiger partial charge in [-0.1, -0.05) is 12.8 Å². The molecule has 5 heteroatoms. The third-order valence-corrected chi connectivity index (χ3v) is 3.64. The number of thiocarbonyl (C=S) groups is 1. The maximum absolute atomic E-state index is 5.28. The zero-order valence-corrected chi connectivity index (χ0v) is 11.6. The van der Waals surface area contributed by atoms with E-state index in [1.807, 2.05) is 18.7 Å². The average molecular weight is 266 g/mol. The van der Waals surface area contributed by atoms with E-state index in [0.717, 1.165) is 31.0 Å². The van der Waals surface area contributed by atoms with Crippen molar-refractivity contribution >= 4 is 17.3 Å². The van der Waals surface area contributed by atoms with Crippen molar-refractivity contribution in [2.75, 3.05) is 6.54 Å². The fourth-order valence-electron chi connectivity index (χ4n) is 2.35. The van der Waals surface area contributed by atoms with Crippen LogP contribution < -0.4 is 10.6 Å². The highest BCUT2D eigenvalue weighted by Crippen LogP contribution is 2.17. The van der Waals surface area contributed by atoms with Gasteiger partial charge in [0.25, 0.3) is 0 Å². The van der Waals surface area contributed by atoms with Crippen molar-refractivity contribution in [3.8, 4) is 0 Å². The second kappa shape index (κ2) is 7.36. The van der Waals surface area contributed by atoms with Crippen LogP contribution in [0.5, 0.6) is 0 Å². The first-order chi connectivity index (χ1) is 8.84. The van der Waals surface area contributed by atoms with E-state index in [2.05, 4.69) is 20.2 Å². The summed E-state index contributed by atoms with van der Waals surface area (Å²) in [5.74, 6) is 0. The maximum atomic E-state index is 5.28. The van der Waals surface area contributed by atoms with Crippen molar-refractivity contribution in [2.45, 2.75) is 51.1 Å². The summed E-state index contributed by atoms with van der Waals surface area (Å²) in [6, 6.07) is 0.607. The molecule has 0 aliphatic heterocycles. The lowest BCUT2D eigenvalue weighted by Gasteiger charge is -2.15. The van der Waals surface area contributed by atoms with Gasteiger partial charge in [-0.25, -0.2) is 4.98 Å². The summed E-state index contributed by atoms with van der Waals surface area (Å²) in [6.07, 6.45) is 13.2. The summed E-state index contributed by atoms with van der Waals surface area (Å²) in [5, 5.41) is 7.50. The van der Waals surface area contributed by atoms with E-state index in [1.54, 1.807) is 0 Å². The fraction of sp³-hybridized carbons (Fsp3) is 0.692. The maximum Gasteiger partial charge on any atom is 0.166 e. The molecule has 1 aromatic rings. The predicted octanol–water partition coefficient (Wildman–Crippen LogP) is 2.07. The number of hydrogen-bond acceptors (Lipinski definition) is 2. The Hall–Kier alpha value is -1.10. The van der Waals surface area contributed by atoms with Gasteiger partial charge < -0.3 is 15.2 Å². The molecule has 1 saturated carbocycles. The van der Waals surface area contributed by atoms with E-state index in [0.29, 0.717) is 6.04 Å². The minimum atomic E-state index is 0.607. The molecule has 0 unspecified atom stereocenters. The van der Waals surface area contributed by atoms with E-state index in [-0.39, 0.29) is 0 Å². The monoisotopic (exact) mass is 266 g/mol. The van der Waals surface area contributed by atoms with Crippen LogP contribution in [0, 0.1) is 0 Å². The molecule has 1 aliphatic rings. The van der Waals surface area contributed by atoms with Crippen molar-refractivity contribution in [3.63, 3.8) is 0 Å². The molecule has 1 heterocycles. The molecule has 18 heavy (non-hydrogen) atoms. The van der Waals surface area contributed by atoms with Gasteiger partial charge in [-0.3, -0.25) is 0 Å². The molecular weight excluding hydrogens is 244 g/mol. The molecule has 0 radical (unpaired) electrons. The highest BCUT2D eigenvalue weighted by molar-refractivity contribution is 7.80. The molecule has 0 amide bonds. The van der Waals surface area contributed by atoms with E-state index < -0.39 is 0 Å². The molecule has 1 aromatic heterocycles. The number of unbranched alkanes of at least 4 members (excludes halogenated alkanes) is 1. The van der Waals surface area contributed by atoms with Crippen LogP contribution in [0.2, 0.25) is 0 Å². The normalized spacial score (nSPS) is 15.8. The summed E-state index contributed by atoms with van der Waals surface area (Å²) >= 11 is 5.28. The highest BCUT2D eigenvalue weighted by atomic mass is 32.1. The number of hydrogen-bond donors (Lipinski definition) is 2. The zero-order valence-electron chi connectivity index (χ0n) is 10.8. The van der Waals surface area contributed by atoms with Crippen LogP contribution >= 0.6 is 12.2 Å². The fourth-order valence-corrected chi connectivity index (χ4v) is 2.62. The van der Waals surface area contributed by atoms with Gasteiger partial charge >= 0.3 is 0 Å². The van der Waals surface area contributed by atoms with Crippen LogP contribution in [-0.2, 0) is 6.54 Å². The van der Waals surface area contributed by atoms with Crippen molar-refractivity contribution in [3.05, 3.63) is 18.7 Å². The van der Waals surface area contributed by atoms with Gasteiger partial charge in [0.15, 0.2) is 5.11 Å². The quantitative estimate of drug-likeness (QED) is 0.611. The number of aryl methyl sites for hydroxylation is 1. The molecule has 0 aromatic carbocycles. The Morgan fingerprint density at radius 1 is 1.33 bits per heavy atom. The van der Waals surface area contributed by atoms with Gasteiger partial charge in [-0.2, -0.15) is 0 Å². The van der Waals surface area contributed by atoms with E-state index in [1.165, 1.54) is 25.7 Å². The Kier molecular flexibility index (Phi) is 5.45. The summed E-state index contributed by atoms with van der Waals surface area (Å²) < 4.78 is 2.11. The van der Waals surface area contributed by atoms with Crippen molar-refractivity contribution in [2.24, 2.45) is 0 Å². The van der Waals surface area contributed by atoms with Crippen LogP contribution in [0.3, 0.4) is 0 Å². The van der Waals surface area contributed by atoms with E-state index in [9.17, 15) is 0 Å². The first-order valence-electron chi connectivity index (χ1n) is 6.85. The Labute approximate surface area is 114 Å². The first-order valence-corrected chi connectivity index (χ1v) is 7.25. The molecule has 0 bridgehead atoms. The number of nitrogens with zero attached hydrogens (tertiary/aromatic N) is 2. The van der Waals surface area contributed by atoms with Crippen LogP contribution in [0.15, 0.2) is 18.7 Å². The Morgan fingerprint density at radius 2 is 2.17 bits per heavy atom. The van der Waals surface area contributed by atoms with Gasteiger partial charge in [0.2, 0.25) is 0 Å². The van der Waals surface area contributed by atoms with Crippen LogP contribution in [-0.4, -0.2) is 27.3 Å². The number of rotatable bonds is 6. The molecule has 4 nitrogen and oxygen atoms in total. The molecule has 2 rings (SSSR count). The Bertz CT molecular complexity index is 344. The van der Waals surface area contributed by atoms with E-state index in [4.69, 9.17) is 12.2 Å². The lowest BCUT2D eigenvalue weighted by molar-refractivity contribution is 0.589. The minimum Gasteiger partial charge on any atom is -0.363 e. The molecule has 0 saturated heterocycles. The van der Waals surface area contributed by atoms with Gasteiger partial charge in [0, 0.05) is 31.5 Å². The lowest BCUT2D eigenvalue weighted by atomic mass is 10.2. The average Bonchev–Trinajstić information content (AvgIpc) is 3.01. The first kappa shape index (κ1) is 13.3. The van der Waals surface area contributed by atoms with Gasteiger partial charge in [-0.15, -0.1) is 0 Å². The second-order valence-electron chi connectivity index (χ2n) is 4.89. The molecule has 1 fully saturated rings. The molecule has 100 valence electrons. The van der Waals surface area contributed by atoms with Gasteiger partial charge in [0.05, 0.1) is 6.33 Å². The zero-order chi connectivity index (χ0) is 12.6. The van der Waals surface area contributed by atoms with Crippen molar-refractivity contribution in [1.82, 2.24) is 20.2 Å². The smallest absolute Gasteiger partial charge is 0.166 e. The predicted molar refractivity (Wildman–Crippen MR) is 77.5 cm³/mol. The SMILES string of the molecule is S=C(NCCCCn1ccnc1)NC1CCCC1. The second-order valence-corrected chi connectivity index (χ2v) is 5.30.